The van der Waals surface area contributed by atoms with E-state index in [0.717, 1.165) is 51.0 Å². The fourth-order valence-electron chi connectivity index (χ4n) is 4.12. The monoisotopic (exact) mass is 376 g/mol. The third-order valence-corrected chi connectivity index (χ3v) is 5.69. The van der Waals surface area contributed by atoms with Crippen LogP contribution in [0.25, 0.3) is 0 Å². The summed E-state index contributed by atoms with van der Waals surface area (Å²) in [5.74, 6) is 0.447. The zero-order chi connectivity index (χ0) is 19.1. The van der Waals surface area contributed by atoms with Crippen molar-refractivity contribution in [3.8, 4) is 0 Å². The molecule has 2 amide bonds. The molecule has 0 radical (unpaired) electrons. The van der Waals surface area contributed by atoms with Crippen LogP contribution in [0.3, 0.4) is 0 Å². The van der Waals surface area contributed by atoms with Crippen LogP contribution in [-0.4, -0.2) is 69.3 Å². The highest BCUT2D eigenvalue weighted by Crippen LogP contribution is 2.26. The maximum absolute atomic E-state index is 12.6. The lowest BCUT2D eigenvalue weighted by Gasteiger charge is -2.32. The van der Waals surface area contributed by atoms with Crippen LogP contribution in [0, 0.1) is 0 Å². The molecule has 0 saturated carbocycles. The molecule has 1 N–H and O–H groups in total. The first-order valence-corrected chi connectivity index (χ1v) is 10.4. The van der Waals surface area contributed by atoms with Crippen molar-refractivity contribution in [2.45, 2.75) is 63.8 Å². The van der Waals surface area contributed by atoms with Gasteiger partial charge in [0.25, 0.3) is 0 Å². The zero-order valence-corrected chi connectivity index (χ0v) is 16.2. The van der Waals surface area contributed by atoms with Crippen LogP contribution in [0.4, 0.5) is 0 Å². The van der Waals surface area contributed by atoms with Crippen molar-refractivity contribution in [1.29, 1.82) is 0 Å². The van der Waals surface area contributed by atoms with Crippen LogP contribution in [0.5, 0.6) is 0 Å². The first kappa shape index (κ1) is 19.9. The number of rotatable bonds is 6. The second-order valence-corrected chi connectivity index (χ2v) is 7.70. The Kier molecular flexibility index (Phi) is 7.26. The summed E-state index contributed by atoms with van der Waals surface area (Å²) in [7, 11) is 0. The van der Waals surface area contributed by atoms with Gasteiger partial charge in [-0.3, -0.25) is 14.3 Å². The molecule has 2 saturated heterocycles. The van der Waals surface area contributed by atoms with Gasteiger partial charge in [0.15, 0.2) is 0 Å². The second-order valence-electron chi connectivity index (χ2n) is 7.70. The first-order chi connectivity index (χ1) is 13.2. The Balaban J connectivity index is 1.48. The fourth-order valence-corrected chi connectivity index (χ4v) is 4.12. The number of aromatic nitrogens is 2. The van der Waals surface area contributed by atoms with E-state index in [1.165, 1.54) is 12.8 Å². The van der Waals surface area contributed by atoms with Gasteiger partial charge in [0.2, 0.25) is 11.8 Å². The fraction of sp³-hybridized carbons (Fsp3) is 0.750. The summed E-state index contributed by atoms with van der Waals surface area (Å²) in [6, 6.07) is 1.98. The molecule has 150 valence electrons. The molecule has 7 heteroatoms. The van der Waals surface area contributed by atoms with E-state index in [1.54, 1.807) is 4.68 Å². The number of amides is 2. The molecule has 1 aromatic heterocycles. The molecule has 0 unspecified atom stereocenters. The van der Waals surface area contributed by atoms with Crippen LogP contribution in [-0.2, 0) is 16.1 Å². The average Bonchev–Trinajstić information content (AvgIpc) is 2.98. The lowest BCUT2D eigenvalue weighted by molar-refractivity contribution is -0.137. The summed E-state index contributed by atoms with van der Waals surface area (Å²) in [6.45, 7) is 3.69. The summed E-state index contributed by atoms with van der Waals surface area (Å²) in [5.41, 5.74) is 0.988. The summed E-state index contributed by atoms with van der Waals surface area (Å²) in [4.78, 5) is 28.9. The van der Waals surface area contributed by atoms with E-state index < -0.39 is 0 Å². The summed E-state index contributed by atoms with van der Waals surface area (Å²) >= 11 is 0. The topological polar surface area (TPSA) is 78.7 Å². The van der Waals surface area contributed by atoms with Crippen LogP contribution < -0.4 is 0 Å². The van der Waals surface area contributed by atoms with Gasteiger partial charge in [0.1, 0.15) is 0 Å². The molecule has 0 bridgehead atoms. The number of nitrogens with zero attached hydrogens (tertiary/aromatic N) is 4. The Labute approximate surface area is 161 Å². The molecule has 2 aliphatic heterocycles. The van der Waals surface area contributed by atoms with Crippen LogP contribution in [0.15, 0.2) is 12.3 Å². The van der Waals surface area contributed by atoms with Gasteiger partial charge in [-0.25, -0.2) is 0 Å². The molecule has 7 nitrogen and oxygen atoms in total. The van der Waals surface area contributed by atoms with Gasteiger partial charge in [-0.2, -0.15) is 5.10 Å². The lowest BCUT2D eigenvalue weighted by atomic mass is 9.94. The molecule has 3 rings (SSSR count). The summed E-state index contributed by atoms with van der Waals surface area (Å²) < 4.78 is 1.75. The van der Waals surface area contributed by atoms with Crippen LogP contribution in [0.2, 0.25) is 0 Å². The summed E-state index contributed by atoms with van der Waals surface area (Å²) in [6.07, 6.45) is 9.05. The number of hydrogen-bond acceptors (Lipinski definition) is 4. The van der Waals surface area contributed by atoms with Crippen molar-refractivity contribution in [1.82, 2.24) is 19.6 Å². The number of aliphatic hydroxyl groups excluding tert-OH is 1. The average molecular weight is 377 g/mol. The molecular weight excluding hydrogens is 344 g/mol. The molecule has 3 heterocycles. The van der Waals surface area contributed by atoms with Gasteiger partial charge in [-0.1, -0.05) is 12.8 Å². The molecule has 1 atom stereocenters. The van der Waals surface area contributed by atoms with Crippen molar-refractivity contribution < 1.29 is 14.7 Å². The van der Waals surface area contributed by atoms with Crippen molar-refractivity contribution in [3.63, 3.8) is 0 Å². The number of piperidine rings is 1. The van der Waals surface area contributed by atoms with Gasteiger partial charge in [-0.15, -0.1) is 0 Å². The number of likely N-dealkylation sites (tertiary alicyclic amines) is 2. The zero-order valence-electron chi connectivity index (χ0n) is 16.2. The molecule has 2 fully saturated rings. The predicted octanol–water partition coefficient (Wildman–Crippen LogP) is 1.76. The third kappa shape index (κ3) is 5.54. The van der Waals surface area contributed by atoms with Gasteiger partial charge in [-0.05, 0) is 31.7 Å². The first-order valence-electron chi connectivity index (χ1n) is 10.4. The van der Waals surface area contributed by atoms with E-state index >= 15 is 0 Å². The maximum atomic E-state index is 12.6. The van der Waals surface area contributed by atoms with E-state index in [1.807, 2.05) is 22.1 Å². The van der Waals surface area contributed by atoms with E-state index in [4.69, 9.17) is 5.11 Å². The smallest absolute Gasteiger partial charge is 0.223 e. The van der Waals surface area contributed by atoms with Crippen molar-refractivity contribution in [2.75, 3.05) is 32.8 Å². The molecule has 0 aromatic carbocycles. The minimum absolute atomic E-state index is 0.0709. The van der Waals surface area contributed by atoms with E-state index in [2.05, 4.69) is 5.10 Å². The number of carbonyl (C=O) groups is 2. The van der Waals surface area contributed by atoms with E-state index in [9.17, 15) is 9.59 Å². The Morgan fingerprint density at radius 2 is 1.67 bits per heavy atom. The SMILES string of the molecule is O=C(CCC(=O)N1CCC[C@@H](c2ccn(CCO)n2)C1)N1CCCCCC1. The quantitative estimate of drug-likeness (QED) is 0.821. The minimum atomic E-state index is 0.0709. The standard InChI is InChI=1S/C20H32N4O3/c25-15-14-24-13-9-18(21-24)17-6-5-12-23(16-17)20(27)8-7-19(26)22-10-3-1-2-4-11-22/h9,13,17,25H,1-8,10-12,14-16H2/t17-/m1/s1. The van der Waals surface area contributed by atoms with Gasteiger partial charge in [0, 0.05) is 51.1 Å². The van der Waals surface area contributed by atoms with Crippen LogP contribution in [0.1, 0.15) is 63.0 Å². The highest BCUT2D eigenvalue weighted by molar-refractivity contribution is 5.84. The number of aliphatic hydroxyl groups is 1. The summed E-state index contributed by atoms with van der Waals surface area (Å²) in [5, 5.41) is 13.5. The Morgan fingerprint density at radius 3 is 2.37 bits per heavy atom. The highest BCUT2D eigenvalue weighted by atomic mass is 16.3. The Bertz CT molecular complexity index is 622. The number of carbonyl (C=O) groups excluding carboxylic acids is 2. The molecule has 0 spiro atoms. The number of hydrogen-bond donors (Lipinski definition) is 1. The molecule has 27 heavy (non-hydrogen) atoms. The predicted molar refractivity (Wildman–Crippen MR) is 102 cm³/mol. The molecule has 2 aliphatic rings. The largest absolute Gasteiger partial charge is 0.394 e. The Hall–Kier alpha value is -1.89. The van der Waals surface area contributed by atoms with E-state index in [-0.39, 0.29) is 24.3 Å². The van der Waals surface area contributed by atoms with Gasteiger partial charge < -0.3 is 14.9 Å². The van der Waals surface area contributed by atoms with Crippen molar-refractivity contribution in [3.05, 3.63) is 18.0 Å². The van der Waals surface area contributed by atoms with Gasteiger partial charge in [0.05, 0.1) is 18.8 Å². The van der Waals surface area contributed by atoms with Crippen LogP contribution >= 0.6 is 0 Å². The highest BCUT2D eigenvalue weighted by Gasteiger charge is 2.27. The third-order valence-electron chi connectivity index (χ3n) is 5.69. The van der Waals surface area contributed by atoms with E-state index in [0.29, 0.717) is 25.9 Å². The van der Waals surface area contributed by atoms with Crippen molar-refractivity contribution >= 4 is 11.8 Å². The molecule has 0 aliphatic carbocycles. The Morgan fingerprint density at radius 1 is 1.00 bits per heavy atom. The maximum Gasteiger partial charge on any atom is 0.223 e. The van der Waals surface area contributed by atoms with Gasteiger partial charge >= 0.3 is 0 Å². The lowest BCUT2D eigenvalue weighted by Crippen LogP contribution is -2.40. The minimum Gasteiger partial charge on any atom is -0.394 e. The molecular formula is C20H32N4O3. The normalized spacial score (nSPS) is 21.1. The molecule has 1 aromatic rings. The second kappa shape index (κ2) is 9.88. The van der Waals surface area contributed by atoms with Crippen molar-refractivity contribution in [2.24, 2.45) is 0 Å².